The average molecular weight is 351 g/mol. The third kappa shape index (κ3) is 5.71. The summed E-state index contributed by atoms with van der Waals surface area (Å²) in [6, 6.07) is 0.594. The van der Waals surface area contributed by atoms with Gasteiger partial charge in [-0.3, -0.25) is 9.67 Å². The second kappa shape index (κ2) is 9.77. The van der Waals surface area contributed by atoms with Gasteiger partial charge < -0.3 is 19.9 Å². The summed E-state index contributed by atoms with van der Waals surface area (Å²) in [4.78, 5) is 9.51. The molecule has 1 fully saturated rings. The van der Waals surface area contributed by atoms with Crippen molar-refractivity contribution in [1.82, 2.24) is 24.9 Å². The molecule has 0 aromatic carbocycles. The Bertz CT molecular complexity index is 543. The van der Waals surface area contributed by atoms with Crippen molar-refractivity contribution in [3.8, 4) is 0 Å². The number of nitrogens with one attached hydrogen (secondary N) is 1. The molecule has 1 aliphatic rings. The minimum absolute atomic E-state index is 0.0501. The number of hydrogen-bond donors (Lipinski definition) is 1. The van der Waals surface area contributed by atoms with E-state index < -0.39 is 0 Å². The molecule has 0 radical (unpaired) electrons. The fourth-order valence-corrected chi connectivity index (χ4v) is 2.92. The van der Waals surface area contributed by atoms with Crippen LogP contribution in [0, 0.1) is 0 Å². The first-order valence-electron chi connectivity index (χ1n) is 9.38. The van der Waals surface area contributed by atoms with Gasteiger partial charge in [0.2, 0.25) is 0 Å². The van der Waals surface area contributed by atoms with E-state index in [4.69, 9.17) is 9.73 Å². The van der Waals surface area contributed by atoms with E-state index in [1.54, 1.807) is 0 Å². The van der Waals surface area contributed by atoms with Crippen LogP contribution in [0.4, 0.5) is 0 Å². The van der Waals surface area contributed by atoms with Gasteiger partial charge in [-0.05, 0) is 27.3 Å². The third-order valence-electron chi connectivity index (χ3n) is 4.86. The topological polar surface area (TPSA) is 57.9 Å². The van der Waals surface area contributed by atoms with Gasteiger partial charge in [-0.2, -0.15) is 5.10 Å². The Morgan fingerprint density at radius 2 is 2.32 bits per heavy atom. The van der Waals surface area contributed by atoms with Gasteiger partial charge in [-0.15, -0.1) is 0 Å². The molecule has 1 aromatic heterocycles. The Kier molecular flexibility index (Phi) is 7.71. The van der Waals surface area contributed by atoms with E-state index in [1.165, 1.54) is 0 Å². The lowest BCUT2D eigenvalue weighted by atomic mass is 10.1. The highest BCUT2D eigenvalue weighted by atomic mass is 16.5. The van der Waals surface area contributed by atoms with Crippen molar-refractivity contribution < 1.29 is 4.74 Å². The summed E-state index contributed by atoms with van der Waals surface area (Å²) in [6.07, 6.45) is 5.13. The maximum absolute atomic E-state index is 5.94. The zero-order chi connectivity index (χ0) is 18.2. The van der Waals surface area contributed by atoms with Crippen molar-refractivity contribution in [3.63, 3.8) is 0 Å². The standard InChI is InChI=1S/C18H34N6O/c1-6-15(3)22(4)9-8-20-18(19-7-2)24-10-11-25-17(14-24)16-12-21-23(5)13-16/h12-13,15,17H,6-11,14H2,1-5H3,(H,19,20). The zero-order valence-corrected chi connectivity index (χ0v) is 16.4. The minimum atomic E-state index is 0.0501. The lowest BCUT2D eigenvalue weighted by molar-refractivity contribution is -0.00805. The number of aryl methyl sites for hydroxylation is 1. The van der Waals surface area contributed by atoms with Gasteiger partial charge in [0.15, 0.2) is 5.96 Å². The summed E-state index contributed by atoms with van der Waals surface area (Å²) in [5, 5.41) is 7.69. The summed E-state index contributed by atoms with van der Waals surface area (Å²) in [7, 11) is 4.10. The maximum atomic E-state index is 5.94. The number of morpholine rings is 1. The molecule has 0 amide bonds. The van der Waals surface area contributed by atoms with E-state index >= 15 is 0 Å². The summed E-state index contributed by atoms with van der Waals surface area (Å²) in [6.45, 7) is 11.6. The Balaban J connectivity index is 1.96. The maximum Gasteiger partial charge on any atom is 0.194 e. The van der Waals surface area contributed by atoms with Crippen LogP contribution < -0.4 is 5.32 Å². The zero-order valence-electron chi connectivity index (χ0n) is 16.4. The van der Waals surface area contributed by atoms with Crippen LogP contribution >= 0.6 is 0 Å². The average Bonchev–Trinajstić information content (AvgIpc) is 3.06. The van der Waals surface area contributed by atoms with Gasteiger partial charge in [0, 0.05) is 44.5 Å². The summed E-state index contributed by atoms with van der Waals surface area (Å²) in [5.41, 5.74) is 1.12. The molecule has 2 rings (SSSR count). The van der Waals surface area contributed by atoms with Crippen molar-refractivity contribution in [2.24, 2.45) is 12.0 Å². The number of guanidine groups is 1. The van der Waals surface area contributed by atoms with Crippen molar-refractivity contribution in [3.05, 3.63) is 18.0 Å². The van der Waals surface area contributed by atoms with Crippen molar-refractivity contribution in [1.29, 1.82) is 0 Å². The molecule has 142 valence electrons. The second-order valence-corrected chi connectivity index (χ2v) is 6.73. The molecule has 1 saturated heterocycles. The predicted octanol–water partition coefficient (Wildman–Crippen LogP) is 1.49. The number of likely N-dealkylation sites (N-methyl/N-ethyl adjacent to an activating group) is 1. The smallest absolute Gasteiger partial charge is 0.194 e. The van der Waals surface area contributed by atoms with Crippen LogP contribution in [0.3, 0.4) is 0 Å². The van der Waals surface area contributed by atoms with Gasteiger partial charge in [0.1, 0.15) is 6.10 Å². The van der Waals surface area contributed by atoms with Gasteiger partial charge in [0.25, 0.3) is 0 Å². The van der Waals surface area contributed by atoms with Crippen LogP contribution in [-0.2, 0) is 11.8 Å². The first kappa shape index (κ1) is 19.7. The second-order valence-electron chi connectivity index (χ2n) is 6.73. The van der Waals surface area contributed by atoms with E-state index in [-0.39, 0.29) is 6.10 Å². The number of aromatic nitrogens is 2. The first-order valence-corrected chi connectivity index (χ1v) is 9.38. The summed E-state index contributed by atoms with van der Waals surface area (Å²) < 4.78 is 7.76. The molecule has 0 bridgehead atoms. The third-order valence-corrected chi connectivity index (χ3v) is 4.86. The van der Waals surface area contributed by atoms with E-state index in [2.05, 4.69) is 48.0 Å². The molecular formula is C18H34N6O. The Labute approximate surface area is 152 Å². The van der Waals surface area contributed by atoms with Gasteiger partial charge in [-0.1, -0.05) is 6.92 Å². The Morgan fingerprint density at radius 1 is 1.52 bits per heavy atom. The molecule has 1 N–H and O–H groups in total. The van der Waals surface area contributed by atoms with Crippen LogP contribution in [0.25, 0.3) is 0 Å². The SMILES string of the molecule is CCNC(=NCCN(C)C(C)CC)N1CCOC(c2cnn(C)c2)C1. The number of ether oxygens (including phenoxy) is 1. The quantitative estimate of drug-likeness (QED) is 0.596. The largest absolute Gasteiger partial charge is 0.370 e. The van der Waals surface area contributed by atoms with Gasteiger partial charge in [-0.25, -0.2) is 0 Å². The van der Waals surface area contributed by atoms with Crippen molar-refractivity contribution in [2.75, 3.05) is 46.4 Å². The van der Waals surface area contributed by atoms with E-state index in [0.717, 1.165) is 50.7 Å². The molecule has 2 atom stereocenters. The molecule has 1 aromatic rings. The highest BCUT2D eigenvalue weighted by Gasteiger charge is 2.25. The molecule has 25 heavy (non-hydrogen) atoms. The van der Waals surface area contributed by atoms with Crippen LogP contribution in [0.5, 0.6) is 0 Å². The van der Waals surface area contributed by atoms with Gasteiger partial charge >= 0.3 is 0 Å². The fourth-order valence-electron chi connectivity index (χ4n) is 2.92. The summed E-state index contributed by atoms with van der Waals surface area (Å²) >= 11 is 0. The molecule has 0 spiro atoms. The molecular weight excluding hydrogens is 316 g/mol. The van der Waals surface area contributed by atoms with Crippen LogP contribution in [0.15, 0.2) is 17.4 Å². The molecule has 0 saturated carbocycles. The van der Waals surface area contributed by atoms with Crippen molar-refractivity contribution in [2.45, 2.75) is 39.3 Å². The van der Waals surface area contributed by atoms with Crippen molar-refractivity contribution >= 4 is 5.96 Å². The predicted molar refractivity (Wildman–Crippen MR) is 102 cm³/mol. The lowest BCUT2D eigenvalue weighted by Crippen LogP contribution is -2.48. The molecule has 2 unspecified atom stereocenters. The van der Waals surface area contributed by atoms with E-state index in [0.29, 0.717) is 12.6 Å². The number of nitrogens with zero attached hydrogens (tertiary/aromatic N) is 5. The molecule has 7 nitrogen and oxygen atoms in total. The minimum Gasteiger partial charge on any atom is -0.370 e. The molecule has 0 aliphatic carbocycles. The van der Waals surface area contributed by atoms with Crippen LogP contribution in [0.2, 0.25) is 0 Å². The van der Waals surface area contributed by atoms with E-state index in [9.17, 15) is 0 Å². The lowest BCUT2D eigenvalue weighted by Gasteiger charge is -2.35. The van der Waals surface area contributed by atoms with Crippen LogP contribution in [-0.4, -0.2) is 78.0 Å². The summed E-state index contributed by atoms with van der Waals surface area (Å²) in [5.74, 6) is 0.984. The Hall–Kier alpha value is -1.60. The molecule has 2 heterocycles. The number of rotatable bonds is 7. The molecule has 7 heteroatoms. The Morgan fingerprint density at radius 3 is 2.96 bits per heavy atom. The first-order chi connectivity index (χ1) is 12.0. The normalized spacial score (nSPS) is 20.2. The van der Waals surface area contributed by atoms with Crippen LogP contribution in [0.1, 0.15) is 38.9 Å². The van der Waals surface area contributed by atoms with Gasteiger partial charge in [0.05, 0.1) is 25.9 Å². The number of aliphatic imine (C=N–C) groups is 1. The monoisotopic (exact) mass is 350 g/mol. The van der Waals surface area contributed by atoms with E-state index in [1.807, 2.05) is 24.1 Å². The highest BCUT2D eigenvalue weighted by molar-refractivity contribution is 5.80. The fraction of sp³-hybridized carbons (Fsp3) is 0.778. The molecule has 1 aliphatic heterocycles. The highest BCUT2D eigenvalue weighted by Crippen LogP contribution is 2.21. The number of hydrogen-bond acceptors (Lipinski definition) is 4.